The molecule has 0 atom stereocenters. The predicted octanol–water partition coefficient (Wildman–Crippen LogP) is 4.13. The number of carbonyl (C=O) groups is 1. The molecule has 0 unspecified atom stereocenters. The van der Waals surface area contributed by atoms with Gasteiger partial charge in [0.1, 0.15) is 5.82 Å². The SMILES string of the molecule is O=C(Nc1cccc(F)c1)c1cnc(NCc2ccc(Cl)cc2)nc1. The lowest BCUT2D eigenvalue weighted by atomic mass is 10.2. The molecule has 126 valence electrons. The van der Waals surface area contributed by atoms with Gasteiger partial charge in [0.25, 0.3) is 5.91 Å². The number of amides is 1. The number of benzene rings is 2. The van der Waals surface area contributed by atoms with E-state index in [1.165, 1.54) is 30.6 Å². The maximum atomic E-state index is 13.1. The standard InChI is InChI=1S/C18H14ClFN4O/c19-14-6-4-12(5-7-14)9-21-18-22-10-13(11-23-18)17(25)24-16-3-1-2-15(20)8-16/h1-8,10-11H,9H2,(H,24,25)(H,21,22,23). The van der Waals surface area contributed by atoms with Crippen molar-refractivity contribution in [3.63, 3.8) is 0 Å². The first-order valence-corrected chi connectivity index (χ1v) is 7.85. The number of nitrogens with zero attached hydrogens (tertiary/aromatic N) is 2. The highest BCUT2D eigenvalue weighted by Gasteiger charge is 2.08. The van der Waals surface area contributed by atoms with Gasteiger partial charge in [-0.1, -0.05) is 29.8 Å². The lowest BCUT2D eigenvalue weighted by Crippen LogP contribution is -2.13. The summed E-state index contributed by atoms with van der Waals surface area (Å²) >= 11 is 5.84. The van der Waals surface area contributed by atoms with E-state index in [-0.39, 0.29) is 5.56 Å². The van der Waals surface area contributed by atoms with Crippen molar-refractivity contribution < 1.29 is 9.18 Å². The van der Waals surface area contributed by atoms with E-state index in [0.29, 0.717) is 23.2 Å². The van der Waals surface area contributed by atoms with Gasteiger partial charge in [0, 0.05) is 29.6 Å². The van der Waals surface area contributed by atoms with Crippen molar-refractivity contribution >= 4 is 29.1 Å². The van der Waals surface area contributed by atoms with Gasteiger partial charge in [0.05, 0.1) is 5.56 Å². The zero-order valence-electron chi connectivity index (χ0n) is 13.0. The van der Waals surface area contributed by atoms with Crippen molar-refractivity contribution in [1.29, 1.82) is 0 Å². The highest BCUT2D eigenvalue weighted by Crippen LogP contribution is 2.12. The van der Waals surface area contributed by atoms with Crippen molar-refractivity contribution in [3.8, 4) is 0 Å². The topological polar surface area (TPSA) is 66.9 Å². The summed E-state index contributed by atoms with van der Waals surface area (Å²) in [5, 5.41) is 6.32. The number of hydrogen-bond donors (Lipinski definition) is 2. The average molecular weight is 357 g/mol. The van der Waals surface area contributed by atoms with Crippen LogP contribution in [0.4, 0.5) is 16.0 Å². The van der Waals surface area contributed by atoms with Crippen LogP contribution in [0.15, 0.2) is 60.9 Å². The summed E-state index contributed by atoms with van der Waals surface area (Å²) in [7, 11) is 0. The largest absolute Gasteiger partial charge is 0.350 e. The van der Waals surface area contributed by atoms with E-state index in [4.69, 9.17) is 11.6 Å². The van der Waals surface area contributed by atoms with Crippen LogP contribution < -0.4 is 10.6 Å². The van der Waals surface area contributed by atoms with Crippen LogP contribution in [0.3, 0.4) is 0 Å². The molecule has 0 aliphatic rings. The number of halogens is 2. The molecular weight excluding hydrogens is 343 g/mol. The highest BCUT2D eigenvalue weighted by atomic mass is 35.5. The molecular formula is C18H14ClFN4O. The second kappa shape index (κ2) is 7.72. The van der Waals surface area contributed by atoms with Gasteiger partial charge in [-0.25, -0.2) is 14.4 Å². The average Bonchev–Trinajstić information content (AvgIpc) is 2.62. The summed E-state index contributed by atoms with van der Waals surface area (Å²) < 4.78 is 13.1. The summed E-state index contributed by atoms with van der Waals surface area (Å²) in [6, 6.07) is 13.1. The van der Waals surface area contributed by atoms with Gasteiger partial charge in [0.2, 0.25) is 5.95 Å². The van der Waals surface area contributed by atoms with Crippen LogP contribution in [0.5, 0.6) is 0 Å². The molecule has 2 N–H and O–H groups in total. The molecule has 0 fully saturated rings. The number of hydrogen-bond acceptors (Lipinski definition) is 4. The highest BCUT2D eigenvalue weighted by molar-refractivity contribution is 6.30. The number of carbonyl (C=O) groups excluding carboxylic acids is 1. The maximum absolute atomic E-state index is 13.1. The minimum atomic E-state index is -0.421. The van der Waals surface area contributed by atoms with Crippen LogP contribution in [-0.4, -0.2) is 15.9 Å². The second-order valence-corrected chi connectivity index (χ2v) is 5.68. The van der Waals surface area contributed by atoms with Crippen LogP contribution in [0.2, 0.25) is 5.02 Å². The van der Waals surface area contributed by atoms with Gasteiger partial charge in [-0.15, -0.1) is 0 Å². The molecule has 0 radical (unpaired) electrons. The van der Waals surface area contributed by atoms with E-state index in [1.54, 1.807) is 18.2 Å². The predicted molar refractivity (Wildman–Crippen MR) is 95.2 cm³/mol. The Balaban J connectivity index is 1.59. The summed E-state index contributed by atoms with van der Waals surface area (Å²) in [4.78, 5) is 20.3. The fourth-order valence-electron chi connectivity index (χ4n) is 2.09. The van der Waals surface area contributed by atoms with Crippen molar-refractivity contribution in [3.05, 3.63) is 82.9 Å². The fraction of sp³-hybridized carbons (Fsp3) is 0.0556. The number of rotatable bonds is 5. The molecule has 0 aliphatic heterocycles. The van der Waals surface area contributed by atoms with Crippen molar-refractivity contribution in [2.75, 3.05) is 10.6 Å². The third-order valence-corrected chi connectivity index (χ3v) is 3.61. The minimum absolute atomic E-state index is 0.279. The van der Waals surface area contributed by atoms with Crippen LogP contribution in [0.25, 0.3) is 0 Å². The van der Waals surface area contributed by atoms with Gasteiger partial charge in [-0.2, -0.15) is 0 Å². The first-order chi connectivity index (χ1) is 12.1. The first kappa shape index (κ1) is 16.9. The van der Waals surface area contributed by atoms with Crippen molar-refractivity contribution in [2.45, 2.75) is 6.54 Å². The molecule has 0 bridgehead atoms. The summed E-state index contributed by atoms with van der Waals surface area (Å²) in [6.07, 6.45) is 2.82. The van der Waals surface area contributed by atoms with Gasteiger partial charge >= 0.3 is 0 Å². The van der Waals surface area contributed by atoms with Gasteiger partial charge in [0.15, 0.2) is 0 Å². The molecule has 0 spiro atoms. The van der Waals surface area contributed by atoms with E-state index >= 15 is 0 Å². The molecule has 0 aliphatic carbocycles. The Morgan fingerprint density at radius 3 is 2.48 bits per heavy atom. The Morgan fingerprint density at radius 2 is 1.80 bits per heavy atom. The molecule has 0 saturated carbocycles. The molecule has 1 amide bonds. The number of aromatic nitrogens is 2. The summed E-state index contributed by atoms with van der Waals surface area (Å²) in [5.74, 6) is -0.428. The number of nitrogens with one attached hydrogen (secondary N) is 2. The van der Waals surface area contributed by atoms with E-state index in [1.807, 2.05) is 12.1 Å². The molecule has 0 saturated heterocycles. The minimum Gasteiger partial charge on any atom is -0.350 e. The van der Waals surface area contributed by atoms with E-state index in [0.717, 1.165) is 5.56 Å². The Labute approximate surface area is 148 Å². The van der Waals surface area contributed by atoms with E-state index in [2.05, 4.69) is 20.6 Å². The van der Waals surface area contributed by atoms with Gasteiger partial charge < -0.3 is 10.6 Å². The quantitative estimate of drug-likeness (QED) is 0.721. The lowest BCUT2D eigenvalue weighted by Gasteiger charge is -2.07. The molecule has 3 rings (SSSR count). The Morgan fingerprint density at radius 1 is 1.08 bits per heavy atom. The zero-order valence-corrected chi connectivity index (χ0v) is 13.8. The Bertz CT molecular complexity index is 869. The lowest BCUT2D eigenvalue weighted by molar-refractivity contribution is 0.102. The zero-order chi connectivity index (χ0) is 17.6. The van der Waals surface area contributed by atoms with Gasteiger partial charge in [-0.05, 0) is 35.9 Å². The van der Waals surface area contributed by atoms with Crippen LogP contribution >= 0.6 is 11.6 Å². The van der Waals surface area contributed by atoms with Crippen molar-refractivity contribution in [2.24, 2.45) is 0 Å². The first-order valence-electron chi connectivity index (χ1n) is 7.47. The molecule has 3 aromatic rings. The van der Waals surface area contributed by atoms with Crippen LogP contribution in [-0.2, 0) is 6.54 Å². The Hall–Kier alpha value is -2.99. The molecule has 7 heteroatoms. The smallest absolute Gasteiger partial charge is 0.258 e. The molecule has 2 aromatic carbocycles. The third-order valence-electron chi connectivity index (χ3n) is 3.36. The summed E-state index contributed by atoms with van der Waals surface area (Å²) in [5.41, 5.74) is 1.68. The molecule has 1 aromatic heterocycles. The second-order valence-electron chi connectivity index (χ2n) is 5.24. The van der Waals surface area contributed by atoms with E-state index < -0.39 is 11.7 Å². The Kier molecular flexibility index (Phi) is 5.20. The summed E-state index contributed by atoms with van der Waals surface area (Å²) in [6.45, 7) is 0.534. The monoisotopic (exact) mass is 356 g/mol. The van der Waals surface area contributed by atoms with Gasteiger partial charge in [-0.3, -0.25) is 4.79 Å². The molecule has 25 heavy (non-hydrogen) atoms. The fourth-order valence-corrected chi connectivity index (χ4v) is 2.22. The normalized spacial score (nSPS) is 10.3. The number of anilines is 2. The van der Waals surface area contributed by atoms with E-state index in [9.17, 15) is 9.18 Å². The maximum Gasteiger partial charge on any atom is 0.258 e. The van der Waals surface area contributed by atoms with Crippen LogP contribution in [0.1, 0.15) is 15.9 Å². The van der Waals surface area contributed by atoms with Crippen molar-refractivity contribution in [1.82, 2.24) is 9.97 Å². The van der Waals surface area contributed by atoms with Crippen LogP contribution in [0, 0.1) is 5.82 Å². The molecule has 1 heterocycles. The third kappa shape index (κ3) is 4.74. The molecule has 5 nitrogen and oxygen atoms in total.